The van der Waals surface area contributed by atoms with Crippen LogP contribution in [0, 0.1) is 11.7 Å². The van der Waals surface area contributed by atoms with Crippen molar-refractivity contribution in [2.45, 2.75) is 38.0 Å². The van der Waals surface area contributed by atoms with Crippen LogP contribution in [0.25, 0.3) is 0 Å². The van der Waals surface area contributed by atoms with E-state index in [1.165, 1.54) is 18.2 Å². The number of carboxylic acid groups (broad SMARTS) is 1. The van der Waals surface area contributed by atoms with Crippen LogP contribution in [-0.2, 0) is 4.79 Å². The third-order valence-electron chi connectivity index (χ3n) is 3.69. The van der Waals surface area contributed by atoms with E-state index in [0.717, 1.165) is 25.7 Å². The third kappa shape index (κ3) is 2.83. The molecule has 0 aliphatic heterocycles. The van der Waals surface area contributed by atoms with Crippen LogP contribution in [0.1, 0.15) is 43.6 Å². The Kier molecular flexibility index (Phi) is 4.23. The Balaban J connectivity index is 2.37. The van der Waals surface area contributed by atoms with Gasteiger partial charge in [0.15, 0.2) is 0 Å². The van der Waals surface area contributed by atoms with Crippen LogP contribution in [0.4, 0.5) is 4.39 Å². The fraction of sp³-hybridized carbons (Fsp3) is 0.500. The van der Waals surface area contributed by atoms with Crippen molar-refractivity contribution in [2.24, 2.45) is 5.92 Å². The van der Waals surface area contributed by atoms with Gasteiger partial charge < -0.3 is 5.11 Å². The molecule has 2 unspecified atom stereocenters. The summed E-state index contributed by atoms with van der Waals surface area (Å²) in [6, 6.07) is 4.20. The Morgan fingerprint density at radius 1 is 1.28 bits per heavy atom. The molecule has 0 bridgehead atoms. The van der Waals surface area contributed by atoms with Gasteiger partial charge in [-0.15, -0.1) is 0 Å². The van der Waals surface area contributed by atoms with Gasteiger partial charge in [-0.2, -0.15) is 0 Å². The van der Waals surface area contributed by atoms with Crippen LogP contribution < -0.4 is 0 Å². The number of halogens is 2. The van der Waals surface area contributed by atoms with Gasteiger partial charge in [0.2, 0.25) is 0 Å². The second-order valence-electron chi connectivity index (χ2n) is 4.86. The van der Waals surface area contributed by atoms with E-state index in [1.807, 2.05) is 0 Å². The van der Waals surface area contributed by atoms with Crippen LogP contribution in [0.3, 0.4) is 0 Å². The lowest BCUT2D eigenvalue weighted by atomic mass is 9.82. The maximum absolute atomic E-state index is 13.3. The largest absolute Gasteiger partial charge is 0.481 e. The Hall–Kier alpha value is -1.09. The van der Waals surface area contributed by atoms with Crippen molar-refractivity contribution < 1.29 is 14.3 Å². The molecule has 1 N–H and O–H groups in total. The average molecular weight is 271 g/mol. The molecule has 1 saturated carbocycles. The molecule has 98 valence electrons. The van der Waals surface area contributed by atoms with E-state index in [-0.39, 0.29) is 11.7 Å². The number of carbonyl (C=O) groups is 1. The van der Waals surface area contributed by atoms with Gasteiger partial charge >= 0.3 is 5.97 Å². The first-order chi connectivity index (χ1) is 8.59. The number of rotatable bonds is 2. The topological polar surface area (TPSA) is 37.3 Å². The normalized spacial score (nSPS) is 24.6. The number of carboxylic acids is 1. The molecule has 18 heavy (non-hydrogen) atoms. The maximum Gasteiger partial charge on any atom is 0.307 e. The van der Waals surface area contributed by atoms with Crippen molar-refractivity contribution in [1.29, 1.82) is 0 Å². The Labute approximate surface area is 111 Å². The molecule has 0 amide bonds. The average Bonchev–Trinajstić information content (AvgIpc) is 2.57. The molecule has 0 radical (unpaired) electrons. The lowest BCUT2D eigenvalue weighted by molar-refractivity contribution is -0.142. The summed E-state index contributed by atoms with van der Waals surface area (Å²) in [6.07, 6.45) is 4.34. The van der Waals surface area contributed by atoms with Crippen LogP contribution in [-0.4, -0.2) is 11.1 Å². The summed E-state index contributed by atoms with van der Waals surface area (Å²) < 4.78 is 13.3. The summed E-state index contributed by atoms with van der Waals surface area (Å²) >= 11 is 6.09. The molecular formula is C14H16ClFO2. The molecule has 4 heteroatoms. The third-order valence-corrected chi connectivity index (χ3v) is 4.03. The summed E-state index contributed by atoms with van der Waals surface area (Å²) in [5.41, 5.74) is 0.644. The molecule has 1 aliphatic carbocycles. The summed E-state index contributed by atoms with van der Waals surface area (Å²) in [5.74, 6) is -1.79. The van der Waals surface area contributed by atoms with Gasteiger partial charge in [0, 0.05) is 5.02 Å². The number of hydrogen-bond donors (Lipinski definition) is 1. The molecule has 0 heterocycles. The van der Waals surface area contributed by atoms with E-state index >= 15 is 0 Å². The minimum absolute atomic E-state index is 0.173. The zero-order valence-electron chi connectivity index (χ0n) is 10.0. The van der Waals surface area contributed by atoms with Crippen molar-refractivity contribution >= 4 is 17.6 Å². The zero-order valence-corrected chi connectivity index (χ0v) is 10.8. The van der Waals surface area contributed by atoms with E-state index in [2.05, 4.69) is 0 Å². The van der Waals surface area contributed by atoms with Gasteiger partial charge in [0.25, 0.3) is 0 Å². The van der Waals surface area contributed by atoms with Gasteiger partial charge in [0.05, 0.1) is 5.92 Å². The van der Waals surface area contributed by atoms with Crippen molar-refractivity contribution in [1.82, 2.24) is 0 Å². The molecule has 1 aromatic carbocycles. The van der Waals surface area contributed by atoms with Gasteiger partial charge in [-0.1, -0.05) is 30.9 Å². The minimum Gasteiger partial charge on any atom is -0.481 e. The molecule has 2 atom stereocenters. The van der Waals surface area contributed by atoms with E-state index in [9.17, 15) is 14.3 Å². The van der Waals surface area contributed by atoms with Crippen LogP contribution in [0.2, 0.25) is 5.02 Å². The molecule has 0 spiro atoms. The summed E-state index contributed by atoms with van der Waals surface area (Å²) in [5, 5.41) is 9.79. The number of aliphatic carboxylic acids is 1. The number of benzene rings is 1. The van der Waals surface area contributed by atoms with E-state index in [1.54, 1.807) is 0 Å². The zero-order chi connectivity index (χ0) is 13.1. The minimum atomic E-state index is -0.803. The monoisotopic (exact) mass is 270 g/mol. The molecule has 1 fully saturated rings. The van der Waals surface area contributed by atoms with Crippen molar-refractivity contribution in [3.05, 3.63) is 34.6 Å². The molecule has 0 saturated heterocycles. The first-order valence-electron chi connectivity index (χ1n) is 6.27. The highest BCUT2D eigenvalue weighted by Gasteiger charge is 2.31. The first-order valence-corrected chi connectivity index (χ1v) is 6.65. The van der Waals surface area contributed by atoms with Gasteiger partial charge in [0.1, 0.15) is 5.82 Å². The Bertz CT molecular complexity index is 447. The second kappa shape index (κ2) is 5.70. The molecule has 2 rings (SSSR count). The summed E-state index contributed by atoms with van der Waals surface area (Å²) in [6.45, 7) is 0. The standard InChI is InChI=1S/C14H16ClFO2/c15-13-7-6-9(16)8-12(13)10-4-2-1-3-5-11(10)14(17)18/h6-8,10-11H,1-5H2,(H,17,18). The Morgan fingerprint density at radius 3 is 2.72 bits per heavy atom. The van der Waals surface area contributed by atoms with E-state index < -0.39 is 11.9 Å². The fourth-order valence-electron chi connectivity index (χ4n) is 2.77. The smallest absolute Gasteiger partial charge is 0.307 e. The highest BCUT2D eigenvalue weighted by molar-refractivity contribution is 6.31. The maximum atomic E-state index is 13.3. The molecule has 2 nitrogen and oxygen atoms in total. The van der Waals surface area contributed by atoms with Gasteiger partial charge in [-0.3, -0.25) is 4.79 Å². The Morgan fingerprint density at radius 2 is 2.00 bits per heavy atom. The van der Waals surface area contributed by atoms with Crippen LogP contribution >= 0.6 is 11.6 Å². The lowest BCUT2D eigenvalue weighted by Gasteiger charge is -2.23. The molecule has 1 aliphatic rings. The van der Waals surface area contributed by atoms with Crippen molar-refractivity contribution in [3.8, 4) is 0 Å². The SMILES string of the molecule is O=C(O)C1CCCCCC1c1cc(F)ccc1Cl. The van der Waals surface area contributed by atoms with Gasteiger partial charge in [-0.25, -0.2) is 4.39 Å². The molecule has 0 aromatic heterocycles. The van der Waals surface area contributed by atoms with Crippen molar-refractivity contribution in [3.63, 3.8) is 0 Å². The van der Waals surface area contributed by atoms with Crippen LogP contribution in [0.5, 0.6) is 0 Å². The predicted molar refractivity (Wildman–Crippen MR) is 68.4 cm³/mol. The summed E-state index contributed by atoms with van der Waals surface area (Å²) in [7, 11) is 0. The highest BCUT2D eigenvalue weighted by atomic mass is 35.5. The van der Waals surface area contributed by atoms with Gasteiger partial charge in [-0.05, 0) is 42.5 Å². The fourth-order valence-corrected chi connectivity index (χ4v) is 3.03. The molecule has 1 aromatic rings. The predicted octanol–water partition coefficient (Wildman–Crippen LogP) is 4.23. The molecular weight excluding hydrogens is 255 g/mol. The second-order valence-corrected chi connectivity index (χ2v) is 5.26. The summed E-state index contributed by atoms with van der Waals surface area (Å²) in [4.78, 5) is 11.4. The van der Waals surface area contributed by atoms with E-state index in [0.29, 0.717) is 17.0 Å². The lowest BCUT2D eigenvalue weighted by Crippen LogP contribution is -2.21. The highest BCUT2D eigenvalue weighted by Crippen LogP contribution is 2.39. The van der Waals surface area contributed by atoms with Crippen LogP contribution in [0.15, 0.2) is 18.2 Å². The first kappa shape index (κ1) is 13.3. The van der Waals surface area contributed by atoms with Crippen molar-refractivity contribution in [2.75, 3.05) is 0 Å². The number of hydrogen-bond acceptors (Lipinski definition) is 1. The quantitative estimate of drug-likeness (QED) is 0.817. The van der Waals surface area contributed by atoms with E-state index in [4.69, 9.17) is 11.6 Å².